The van der Waals surface area contributed by atoms with Crippen LogP contribution in [0.15, 0.2) is 23.2 Å². The second kappa shape index (κ2) is 9.56. The summed E-state index contributed by atoms with van der Waals surface area (Å²) in [6, 6.07) is 5.32. The molecule has 0 spiro atoms. The van der Waals surface area contributed by atoms with Crippen molar-refractivity contribution in [2.75, 3.05) is 37.7 Å². The monoisotopic (exact) mass is 392 g/mol. The van der Waals surface area contributed by atoms with Crippen LogP contribution >= 0.6 is 0 Å². The summed E-state index contributed by atoms with van der Waals surface area (Å²) < 4.78 is 20.4. The summed E-state index contributed by atoms with van der Waals surface area (Å²) in [5.41, 5.74) is 1.29. The normalized spacial score (nSPS) is 23.9. The lowest BCUT2D eigenvalue weighted by molar-refractivity contribution is 0.0243. The molecule has 2 saturated heterocycles. The Bertz CT molecular complexity index is 668. The number of hydrogen-bond donors (Lipinski definition) is 3. The average molecular weight is 393 g/mol. The standard InChI is InChI=1S/C21H33FN4O2/c1-3-23-20(25-15-21(2)9-4-12-28-21)24-14-16-5-6-19(18(22)13-16)26-10-7-17(27)8-11-26/h5-6,13,17,27H,3-4,7-12,14-15H2,1-2H3,(H2,23,24,25). The van der Waals surface area contributed by atoms with Gasteiger partial charge in [-0.3, -0.25) is 0 Å². The lowest BCUT2D eigenvalue weighted by atomic mass is 10.0. The molecule has 2 fully saturated rings. The molecular formula is C21H33FN4O2. The summed E-state index contributed by atoms with van der Waals surface area (Å²) in [5.74, 6) is 0.489. The van der Waals surface area contributed by atoms with Gasteiger partial charge in [0.25, 0.3) is 0 Å². The van der Waals surface area contributed by atoms with Crippen molar-refractivity contribution in [1.29, 1.82) is 0 Å². The number of halogens is 1. The smallest absolute Gasteiger partial charge is 0.191 e. The van der Waals surface area contributed by atoms with Crippen molar-refractivity contribution < 1.29 is 14.2 Å². The van der Waals surface area contributed by atoms with Gasteiger partial charge >= 0.3 is 0 Å². The third kappa shape index (κ3) is 5.58. The topological polar surface area (TPSA) is 69.1 Å². The summed E-state index contributed by atoms with van der Waals surface area (Å²) in [6.07, 6.45) is 3.24. The van der Waals surface area contributed by atoms with E-state index >= 15 is 0 Å². The molecule has 0 aliphatic carbocycles. The van der Waals surface area contributed by atoms with Crippen LogP contribution in [0.3, 0.4) is 0 Å². The van der Waals surface area contributed by atoms with Gasteiger partial charge in [0, 0.05) is 32.8 Å². The van der Waals surface area contributed by atoms with Crippen LogP contribution in [0.25, 0.3) is 0 Å². The Morgan fingerprint density at radius 2 is 2.14 bits per heavy atom. The summed E-state index contributed by atoms with van der Waals surface area (Å²) in [6.45, 7) is 8.19. The van der Waals surface area contributed by atoms with Gasteiger partial charge < -0.3 is 25.4 Å². The van der Waals surface area contributed by atoms with Gasteiger partial charge in [0.15, 0.2) is 5.96 Å². The minimum atomic E-state index is -0.262. The third-order valence-electron chi connectivity index (χ3n) is 5.51. The zero-order valence-corrected chi connectivity index (χ0v) is 17.0. The minimum Gasteiger partial charge on any atom is -0.393 e. The first-order valence-electron chi connectivity index (χ1n) is 10.4. The minimum absolute atomic E-state index is 0.147. The number of rotatable bonds is 6. The number of benzene rings is 1. The van der Waals surface area contributed by atoms with E-state index < -0.39 is 0 Å². The maximum Gasteiger partial charge on any atom is 0.191 e. The van der Waals surface area contributed by atoms with E-state index in [-0.39, 0.29) is 17.5 Å². The van der Waals surface area contributed by atoms with Crippen molar-refractivity contribution >= 4 is 11.6 Å². The molecule has 1 atom stereocenters. The van der Waals surface area contributed by atoms with Crippen LogP contribution in [0.2, 0.25) is 0 Å². The van der Waals surface area contributed by atoms with Gasteiger partial charge in [0.2, 0.25) is 0 Å². The van der Waals surface area contributed by atoms with Crippen LogP contribution in [-0.4, -0.2) is 55.6 Å². The van der Waals surface area contributed by atoms with Gasteiger partial charge in [-0.1, -0.05) is 6.07 Å². The van der Waals surface area contributed by atoms with Crippen molar-refractivity contribution in [3.05, 3.63) is 29.6 Å². The summed E-state index contributed by atoms with van der Waals surface area (Å²) in [4.78, 5) is 6.60. The van der Waals surface area contributed by atoms with Crippen LogP contribution in [0, 0.1) is 5.82 Å². The van der Waals surface area contributed by atoms with E-state index in [1.54, 1.807) is 6.07 Å². The molecule has 2 aliphatic rings. The number of aliphatic imine (C=N–C) groups is 1. The van der Waals surface area contributed by atoms with Crippen molar-refractivity contribution in [3.63, 3.8) is 0 Å². The second-order valence-corrected chi connectivity index (χ2v) is 7.95. The number of ether oxygens (including phenoxy) is 1. The molecule has 7 heteroatoms. The molecule has 0 amide bonds. The Hall–Kier alpha value is -1.86. The van der Waals surface area contributed by atoms with E-state index in [1.807, 2.05) is 24.0 Å². The van der Waals surface area contributed by atoms with Crippen LogP contribution in [0.1, 0.15) is 45.1 Å². The van der Waals surface area contributed by atoms with Crippen molar-refractivity contribution in [3.8, 4) is 0 Å². The Labute approximate surface area is 167 Å². The lowest BCUT2D eigenvalue weighted by Gasteiger charge is -2.31. The highest BCUT2D eigenvalue weighted by molar-refractivity contribution is 5.79. The largest absolute Gasteiger partial charge is 0.393 e. The Morgan fingerprint density at radius 3 is 2.79 bits per heavy atom. The highest BCUT2D eigenvalue weighted by Crippen LogP contribution is 2.25. The van der Waals surface area contributed by atoms with E-state index in [4.69, 9.17) is 4.74 Å². The molecule has 1 unspecified atom stereocenters. The molecule has 3 rings (SSSR count). The second-order valence-electron chi connectivity index (χ2n) is 7.95. The fourth-order valence-corrected chi connectivity index (χ4v) is 3.77. The molecule has 156 valence electrons. The highest BCUT2D eigenvalue weighted by atomic mass is 19.1. The quantitative estimate of drug-likeness (QED) is 0.512. The maximum atomic E-state index is 14.6. The first-order valence-corrected chi connectivity index (χ1v) is 10.4. The van der Waals surface area contributed by atoms with E-state index in [0.29, 0.717) is 50.7 Å². The molecule has 3 N–H and O–H groups in total. The number of anilines is 1. The van der Waals surface area contributed by atoms with Gasteiger partial charge in [-0.2, -0.15) is 0 Å². The zero-order valence-electron chi connectivity index (χ0n) is 17.0. The fourth-order valence-electron chi connectivity index (χ4n) is 3.77. The molecule has 2 heterocycles. The van der Waals surface area contributed by atoms with E-state index in [0.717, 1.165) is 31.6 Å². The van der Waals surface area contributed by atoms with E-state index in [2.05, 4.69) is 22.5 Å². The number of nitrogens with zero attached hydrogens (tertiary/aromatic N) is 2. The molecule has 1 aromatic rings. The predicted octanol–water partition coefficient (Wildman–Crippen LogP) is 2.41. The number of guanidine groups is 1. The molecule has 6 nitrogen and oxygen atoms in total. The molecule has 0 aromatic heterocycles. The average Bonchev–Trinajstić information content (AvgIpc) is 3.12. The van der Waals surface area contributed by atoms with Gasteiger partial charge in [-0.15, -0.1) is 0 Å². The molecule has 0 saturated carbocycles. The highest BCUT2D eigenvalue weighted by Gasteiger charge is 2.29. The van der Waals surface area contributed by atoms with Crippen LogP contribution in [-0.2, 0) is 11.3 Å². The molecule has 0 bridgehead atoms. The van der Waals surface area contributed by atoms with Crippen LogP contribution < -0.4 is 15.5 Å². The molecular weight excluding hydrogens is 359 g/mol. The molecule has 0 radical (unpaired) electrons. The first-order chi connectivity index (χ1) is 13.5. The molecule has 1 aromatic carbocycles. The Morgan fingerprint density at radius 1 is 1.36 bits per heavy atom. The van der Waals surface area contributed by atoms with Crippen molar-refractivity contribution in [1.82, 2.24) is 10.6 Å². The number of aliphatic hydroxyl groups is 1. The van der Waals surface area contributed by atoms with E-state index in [1.165, 1.54) is 0 Å². The predicted molar refractivity (Wildman–Crippen MR) is 110 cm³/mol. The third-order valence-corrected chi connectivity index (χ3v) is 5.51. The first kappa shape index (κ1) is 20.9. The van der Waals surface area contributed by atoms with Crippen LogP contribution in [0.5, 0.6) is 0 Å². The van der Waals surface area contributed by atoms with Gasteiger partial charge in [-0.05, 0) is 57.2 Å². The lowest BCUT2D eigenvalue weighted by Crippen LogP contribution is -2.45. The van der Waals surface area contributed by atoms with E-state index in [9.17, 15) is 9.50 Å². The summed E-state index contributed by atoms with van der Waals surface area (Å²) in [5, 5.41) is 16.2. The van der Waals surface area contributed by atoms with Crippen LogP contribution in [0.4, 0.5) is 10.1 Å². The van der Waals surface area contributed by atoms with Crippen molar-refractivity contribution in [2.45, 2.75) is 57.8 Å². The number of piperidine rings is 1. The summed E-state index contributed by atoms with van der Waals surface area (Å²) in [7, 11) is 0. The van der Waals surface area contributed by atoms with Gasteiger partial charge in [0.1, 0.15) is 5.82 Å². The maximum absolute atomic E-state index is 14.6. The van der Waals surface area contributed by atoms with Gasteiger partial charge in [-0.25, -0.2) is 9.38 Å². The molecule has 2 aliphatic heterocycles. The summed E-state index contributed by atoms with van der Waals surface area (Å²) >= 11 is 0. The number of aliphatic hydroxyl groups excluding tert-OH is 1. The SMILES string of the molecule is CCNC(=NCc1ccc(N2CCC(O)CC2)c(F)c1)NCC1(C)CCCO1. The van der Waals surface area contributed by atoms with Gasteiger partial charge in [0.05, 0.1) is 23.9 Å². The number of hydrogen-bond acceptors (Lipinski definition) is 4. The molecule has 28 heavy (non-hydrogen) atoms. The number of nitrogens with one attached hydrogen (secondary N) is 2. The Balaban J connectivity index is 1.59. The Kier molecular flexibility index (Phi) is 7.13. The van der Waals surface area contributed by atoms with Crippen molar-refractivity contribution in [2.24, 2.45) is 4.99 Å². The zero-order chi connectivity index (χ0) is 20.0. The fraction of sp³-hybridized carbons (Fsp3) is 0.667.